The molecular weight excluding hydrogens is 236 g/mol. The van der Waals surface area contributed by atoms with Crippen molar-refractivity contribution in [3.8, 4) is 0 Å². The number of β-amino-alcohol motifs (C(OH)–C–C–N with tert-alkyl or cyclic N) is 1. The molecule has 1 aromatic carbocycles. The number of aromatic amines is 1. The molecule has 2 heterocycles. The van der Waals surface area contributed by atoms with Gasteiger partial charge in [-0.2, -0.15) is 0 Å². The number of benzene rings is 1. The molecule has 0 bridgehead atoms. The molecular formula is C16H20N2O. The summed E-state index contributed by atoms with van der Waals surface area (Å²) in [7, 11) is 0. The second kappa shape index (κ2) is 3.84. The summed E-state index contributed by atoms with van der Waals surface area (Å²) in [5.41, 5.74) is 1.53. The number of H-pyrrole nitrogens is 1. The van der Waals surface area contributed by atoms with Crippen molar-refractivity contribution in [1.29, 1.82) is 0 Å². The van der Waals surface area contributed by atoms with Gasteiger partial charge in [0.25, 0.3) is 0 Å². The molecule has 1 aromatic heterocycles. The largest absolute Gasteiger partial charge is 0.384 e. The Morgan fingerprint density at radius 2 is 2.16 bits per heavy atom. The van der Waals surface area contributed by atoms with Gasteiger partial charge in [-0.25, -0.2) is 0 Å². The fourth-order valence-corrected chi connectivity index (χ4v) is 3.58. The molecule has 2 aliphatic rings. The van der Waals surface area contributed by atoms with Gasteiger partial charge in [-0.1, -0.05) is 6.07 Å². The monoisotopic (exact) mass is 256 g/mol. The second-order valence-electron chi connectivity index (χ2n) is 6.27. The number of aliphatic hydroxyl groups is 1. The minimum Gasteiger partial charge on any atom is -0.384 e. The fraction of sp³-hybridized carbons (Fsp3) is 0.500. The van der Waals surface area contributed by atoms with E-state index in [1.54, 1.807) is 0 Å². The Hall–Kier alpha value is -1.32. The summed E-state index contributed by atoms with van der Waals surface area (Å²) in [4.78, 5) is 5.69. The van der Waals surface area contributed by atoms with E-state index in [2.05, 4.69) is 41.1 Å². The quantitative estimate of drug-likeness (QED) is 0.867. The maximum atomic E-state index is 11.0. The highest BCUT2D eigenvalue weighted by Crippen LogP contribution is 2.42. The summed E-state index contributed by atoms with van der Waals surface area (Å²) in [6.45, 7) is 3.03. The Bertz CT molecular complexity index is 616. The van der Waals surface area contributed by atoms with E-state index in [9.17, 15) is 5.11 Å². The third kappa shape index (κ3) is 1.80. The number of hydrogen-bond acceptors (Lipinski definition) is 2. The van der Waals surface area contributed by atoms with Crippen LogP contribution in [0.15, 0.2) is 30.5 Å². The van der Waals surface area contributed by atoms with Crippen LogP contribution in [0.2, 0.25) is 0 Å². The Labute approximate surface area is 113 Å². The Kier molecular flexibility index (Phi) is 2.32. The molecule has 3 nitrogen and oxygen atoms in total. The number of fused-ring (bicyclic) bond motifs is 1. The van der Waals surface area contributed by atoms with Crippen LogP contribution in [0.4, 0.5) is 0 Å². The van der Waals surface area contributed by atoms with Crippen molar-refractivity contribution in [3.63, 3.8) is 0 Å². The summed E-state index contributed by atoms with van der Waals surface area (Å²) < 4.78 is 0. The zero-order chi connectivity index (χ0) is 13.0. The molecule has 0 radical (unpaired) electrons. The van der Waals surface area contributed by atoms with Crippen LogP contribution in [-0.4, -0.2) is 33.6 Å². The van der Waals surface area contributed by atoms with E-state index in [-0.39, 0.29) is 0 Å². The zero-order valence-electron chi connectivity index (χ0n) is 11.3. The third-order valence-corrected chi connectivity index (χ3v) is 4.75. The molecule has 0 spiro atoms. The molecule has 1 aliphatic carbocycles. The van der Waals surface area contributed by atoms with Gasteiger partial charge in [-0.05, 0) is 55.3 Å². The number of aromatic nitrogens is 1. The van der Waals surface area contributed by atoms with Crippen molar-refractivity contribution in [3.05, 3.63) is 36.0 Å². The highest BCUT2D eigenvalue weighted by Gasteiger charge is 2.46. The smallest absolute Gasteiger partial charge is 0.104 e. The second-order valence-corrected chi connectivity index (χ2v) is 6.27. The average Bonchev–Trinajstić information content (AvgIpc) is 3.03. The van der Waals surface area contributed by atoms with Crippen molar-refractivity contribution in [2.24, 2.45) is 0 Å². The predicted octanol–water partition coefficient (Wildman–Crippen LogP) is 2.61. The van der Waals surface area contributed by atoms with E-state index < -0.39 is 5.60 Å². The van der Waals surface area contributed by atoms with Crippen LogP contribution in [0.3, 0.4) is 0 Å². The van der Waals surface area contributed by atoms with Gasteiger partial charge in [0.05, 0.1) is 0 Å². The number of likely N-dealkylation sites (tertiary alicyclic amines) is 1. The molecule has 1 saturated heterocycles. The Morgan fingerprint density at radius 1 is 1.32 bits per heavy atom. The number of nitrogens with zero attached hydrogens (tertiary/aromatic N) is 1. The van der Waals surface area contributed by atoms with Crippen LogP contribution < -0.4 is 0 Å². The maximum Gasteiger partial charge on any atom is 0.104 e. The lowest BCUT2D eigenvalue weighted by atomic mass is 9.91. The molecule has 2 unspecified atom stereocenters. The molecule has 1 saturated carbocycles. The molecule has 1 aliphatic heterocycles. The lowest BCUT2D eigenvalue weighted by Crippen LogP contribution is -2.33. The summed E-state index contributed by atoms with van der Waals surface area (Å²) in [5.74, 6) is 0. The van der Waals surface area contributed by atoms with E-state index in [0.29, 0.717) is 6.04 Å². The number of rotatable bonds is 2. The Balaban J connectivity index is 1.70. The molecule has 2 atom stereocenters. The van der Waals surface area contributed by atoms with Gasteiger partial charge in [-0.15, -0.1) is 0 Å². The van der Waals surface area contributed by atoms with Crippen molar-refractivity contribution in [2.75, 3.05) is 6.54 Å². The minimum absolute atomic E-state index is 0.486. The van der Waals surface area contributed by atoms with Gasteiger partial charge in [0.15, 0.2) is 0 Å². The zero-order valence-corrected chi connectivity index (χ0v) is 11.3. The summed E-state index contributed by atoms with van der Waals surface area (Å²) in [6.07, 6.45) is 5.40. The molecule has 3 heteroatoms. The van der Waals surface area contributed by atoms with Gasteiger partial charge in [0.1, 0.15) is 5.60 Å². The lowest BCUT2D eigenvalue weighted by molar-refractivity contribution is 0.0453. The van der Waals surface area contributed by atoms with Crippen LogP contribution in [-0.2, 0) is 5.60 Å². The first kappa shape index (κ1) is 11.5. The molecule has 100 valence electrons. The normalized spacial score (nSPS) is 32.2. The number of hydrogen-bond donors (Lipinski definition) is 2. The highest BCUT2D eigenvalue weighted by atomic mass is 16.3. The first-order chi connectivity index (χ1) is 9.16. The van der Waals surface area contributed by atoms with Gasteiger partial charge in [-0.3, -0.25) is 4.90 Å². The van der Waals surface area contributed by atoms with Crippen molar-refractivity contribution >= 4 is 10.9 Å². The summed E-state index contributed by atoms with van der Waals surface area (Å²) in [5, 5.41) is 12.2. The van der Waals surface area contributed by atoms with Crippen LogP contribution >= 0.6 is 0 Å². The van der Waals surface area contributed by atoms with Crippen molar-refractivity contribution < 1.29 is 5.11 Å². The SMILES string of the molecule is CC1CC(O)(c2ccc3[nH]ccc3c2)CN1C1CC1. The molecule has 19 heavy (non-hydrogen) atoms. The van der Waals surface area contributed by atoms with Gasteiger partial charge < -0.3 is 10.1 Å². The highest BCUT2D eigenvalue weighted by molar-refractivity contribution is 5.80. The molecule has 4 rings (SSSR count). The first-order valence-corrected chi connectivity index (χ1v) is 7.21. The van der Waals surface area contributed by atoms with E-state index in [1.807, 2.05) is 6.20 Å². The first-order valence-electron chi connectivity index (χ1n) is 7.21. The predicted molar refractivity (Wildman–Crippen MR) is 76.0 cm³/mol. The minimum atomic E-state index is -0.673. The van der Waals surface area contributed by atoms with Crippen LogP contribution in [0, 0.1) is 0 Å². The van der Waals surface area contributed by atoms with E-state index in [0.717, 1.165) is 30.1 Å². The van der Waals surface area contributed by atoms with E-state index in [1.165, 1.54) is 18.2 Å². The molecule has 2 aromatic rings. The summed E-state index contributed by atoms with van der Waals surface area (Å²) in [6, 6.07) is 9.56. The standard InChI is InChI=1S/C16H20N2O/c1-11-9-16(19,10-18(11)14-3-4-14)13-2-5-15-12(8-13)6-7-17-15/h2,5-8,11,14,17,19H,3-4,9-10H2,1H3. The summed E-state index contributed by atoms with van der Waals surface area (Å²) >= 11 is 0. The lowest BCUT2D eigenvalue weighted by Gasteiger charge is -2.24. The third-order valence-electron chi connectivity index (χ3n) is 4.75. The van der Waals surface area contributed by atoms with E-state index >= 15 is 0 Å². The molecule has 2 fully saturated rings. The molecule has 2 N–H and O–H groups in total. The topological polar surface area (TPSA) is 39.3 Å². The van der Waals surface area contributed by atoms with Gasteiger partial charge in [0, 0.05) is 30.3 Å². The average molecular weight is 256 g/mol. The van der Waals surface area contributed by atoms with Crippen LogP contribution in [0.1, 0.15) is 31.7 Å². The van der Waals surface area contributed by atoms with Gasteiger partial charge >= 0.3 is 0 Å². The van der Waals surface area contributed by atoms with Gasteiger partial charge in [0.2, 0.25) is 0 Å². The van der Waals surface area contributed by atoms with E-state index in [4.69, 9.17) is 0 Å². The van der Waals surface area contributed by atoms with Crippen LogP contribution in [0.5, 0.6) is 0 Å². The van der Waals surface area contributed by atoms with Crippen LogP contribution in [0.25, 0.3) is 10.9 Å². The maximum absolute atomic E-state index is 11.0. The Morgan fingerprint density at radius 3 is 2.95 bits per heavy atom. The van der Waals surface area contributed by atoms with Crippen molar-refractivity contribution in [2.45, 2.75) is 43.9 Å². The molecule has 0 amide bonds. The fourth-order valence-electron chi connectivity index (χ4n) is 3.58. The number of nitrogens with one attached hydrogen (secondary N) is 1. The van der Waals surface area contributed by atoms with Crippen molar-refractivity contribution in [1.82, 2.24) is 9.88 Å².